The number of carboxylic acid groups (broad SMARTS) is 1. The largest absolute Gasteiger partial charge is 0.480 e. The van der Waals surface area contributed by atoms with Crippen LogP contribution >= 0.6 is 0 Å². The number of hydrogen-bond donors (Lipinski definition) is 35. The summed E-state index contributed by atoms with van der Waals surface area (Å²) in [6.45, 7) is 0.827. The number of nitrogens with one attached hydrogen (secondary N) is 24. The number of unbranched alkanes of at least 4 members (excludes halogenated alkanes) is 2. The predicted octanol–water partition coefficient (Wildman–Crippen LogP) is -11.4. The number of para-hydroxylation sites is 1. The van der Waals surface area contributed by atoms with Gasteiger partial charge in [-0.25, -0.2) is 4.79 Å². The van der Waals surface area contributed by atoms with E-state index >= 15 is 0 Å². The molecule has 1 aromatic heterocycles. The van der Waals surface area contributed by atoms with Crippen LogP contribution in [0.15, 0.2) is 30.5 Å². The van der Waals surface area contributed by atoms with E-state index in [0.717, 1.165) is 10.4 Å². The number of nitrogens with zero attached hydrogens (tertiary/aromatic N) is 1. The van der Waals surface area contributed by atoms with Crippen LogP contribution in [0, 0.1) is 27.0 Å². The molecule has 0 radical (unpaired) electrons. The smallest absolute Gasteiger partial charge is 0.326 e. The van der Waals surface area contributed by atoms with Crippen LogP contribution in [0.1, 0.15) is 148 Å². The highest BCUT2D eigenvalue weighted by molar-refractivity contribution is 6.01. The van der Waals surface area contributed by atoms with Crippen molar-refractivity contribution in [2.24, 2.45) is 51.6 Å². The maximum Gasteiger partial charge on any atom is 0.326 e. The average Bonchev–Trinajstić information content (AvgIpc) is 1.66. The van der Waals surface area contributed by atoms with E-state index in [1.54, 1.807) is 30.5 Å². The molecule has 3 rings (SSSR count). The summed E-state index contributed by atoms with van der Waals surface area (Å²) in [6, 6.07) is -11.4. The normalized spacial score (nSPS) is 14.9. The minimum Gasteiger partial charge on any atom is -0.480 e. The summed E-state index contributed by atoms with van der Waals surface area (Å²) < 4.78 is 0. The Morgan fingerprint density at radius 1 is 0.430 bits per heavy atom. The van der Waals surface area contributed by atoms with Crippen LogP contribution in [-0.4, -0.2) is 295 Å². The summed E-state index contributed by atoms with van der Waals surface area (Å²) in [5.41, 5.74) is 51.5. The molecule has 128 heavy (non-hydrogen) atoms. The average molecular weight is 1810 g/mol. The van der Waals surface area contributed by atoms with Crippen LogP contribution < -0.4 is 147 Å². The molecule has 2 heterocycles. The monoisotopic (exact) mass is 1810 g/mol. The van der Waals surface area contributed by atoms with E-state index in [0.29, 0.717) is 23.8 Å². The molecule has 52 nitrogen and oxygen atoms in total. The SMILES string of the molecule is C[C@H](NC(=O)[C@H](CCCNC(=N)N)NC(=O)[C@H](CCC(N)=O)NC(=O)[C@@H]1CCCN1C(=O)[C@@H](NC(=O)CNC(=O)CNC(=O)CN)[C@@H](C)O)C(=O)N[C@@H](CCCNC(=N)N)C(=O)N[C@@H](CCCNC(=N)N)C(=O)N[C@@H](CCCNC(=N)N)C(=O)N[C@@H](CCCCN)C(=O)N[C@@H](CCCCN)C(=O)N[C@@H](CCCNC(=N)N)C(=O)N[C@@H](Cc1c[nH]c2ccccc12)C(=O)O. The summed E-state index contributed by atoms with van der Waals surface area (Å²) in [4.78, 5) is 226. The number of primary amides is 1. The van der Waals surface area contributed by atoms with E-state index in [1.165, 1.54) is 13.8 Å². The second-order valence-corrected chi connectivity index (χ2v) is 30.4. The minimum absolute atomic E-state index is 0.00617. The van der Waals surface area contributed by atoms with Crippen LogP contribution in [0.3, 0.4) is 0 Å². The molecular weight excluding hydrogens is 1680 g/mol. The fraction of sp³-hybridized carbons (Fsp3) is 0.618. The molecule has 0 unspecified atom stereocenters. The van der Waals surface area contributed by atoms with Crippen molar-refractivity contribution in [2.45, 2.75) is 227 Å². The lowest BCUT2D eigenvalue weighted by Gasteiger charge is -2.31. The number of aliphatic hydroxyl groups excluding tert-OH is 1. The lowest BCUT2D eigenvalue weighted by Crippen LogP contribution is -2.61. The van der Waals surface area contributed by atoms with Crippen molar-refractivity contribution in [1.82, 2.24) is 106 Å². The van der Waals surface area contributed by atoms with Gasteiger partial charge in [-0.1, -0.05) is 18.2 Å². The van der Waals surface area contributed by atoms with Gasteiger partial charge in [0.1, 0.15) is 72.5 Å². The fourth-order valence-electron chi connectivity index (χ4n) is 13.2. The number of aliphatic carboxylic acids is 1. The van der Waals surface area contributed by atoms with Gasteiger partial charge in [0.15, 0.2) is 29.8 Å². The number of likely N-dealkylation sites (tertiary alicyclic amines) is 1. The van der Waals surface area contributed by atoms with Crippen LogP contribution in [0.2, 0.25) is 0 Å². The van der Waals surface area contributed by atoms with Crippen molar-refractivity contribution >= 4 is 135 Å². The number of nitrogens with two attached hydrogens (primary N) is 9. The molecule has 1 aromatic carbocycles. The Labute approximate surface area is 738 Å². The first-order valence-corrected chi connectivity index (χ1v) is 42.1. The second kappa shape index (κ2) is 58.6. The zero-order chi connectivity index (χ0) is 95.5. The number of aliphatic hydroxyl groups is 1. The van der Waals surface area contributed by atoms with Crippen molar-refractivity contribution in [2.75, 3.05) is 72.0 Å². The Balaban J connectivity index is 2.01. The maximum atomic E-state index is 15.0. The van der Waals surface area contributed by atoms with Gasteiger partial charge in [0.05, 0.1) is 25.7 Å². The third-order valence-electron chi connectivity index (χ3n) is 20.0. The number of H-pyrrole nitrogens is 1. The van der Waals surface area contributed by atoms with Crippen LogP contribution in [-0.2, 0) is 83.1 Å². The lowest BCUT2D eigenvalue weighted by atomic mass is 10.0. The van der Waals surface area contributed by atoms with Crippen LogP contribution in [0.25, 0.3) is 10.9 Å². The zero-order valence-electron chi connectivity index (χ0n) is 72.1. The molecule has 15 amide bonds. The summed E-state index contributed by atoms with van der Waals surface area (Å²) >= 11 is 0. The quantitative estimate of drug-likeness (QED) is 0.0166. The number of fused-ring (bicyclic) bond motifs is 1. The molecule has 52 heteroatoms. The molecule has 1 fully saturated rings. The Kier molecular flexibility index (Phi) is 49.8. The number of aromatic nitrogens is 1. The van der Waals surface area contributed by atoms with E-state index in [4.69, 9.17) is 78.6 Å². The number of rotatable bonds is 62. The molecule has 2 aromatic rings. The number of benzene rings is 1. The van der Waals surface area contributed by atoms with Gasteiger partial charge < -0.3 is 167 Å². The van der Waals surface area contributed by atoms with Gasteiger partial charge >= 0.3 is 5.97 Å². The number of carbonyl (C=O) groups excluding carboxylic acids is 15. The molecule has 0 bridgehead atoms. The minimum atomic E-state index is -1.68. The third-order valence-corrected chi connectivity index (χ3v) is 20.0. The standard InChI is InChI=1S/C76H132N34O18/c1-40(99-61(117)47(19-9-29-91-72(81)82)103-68(124)52(25-26-55(80)112)107-69(125)54-24-14-34-110(54)70(126)59(41(2)111)109-58(115)39-98-57(114)38-97-56(113)36-79)60(116)100-48(20-10-30-92-73(83)84)64(120)104-50(22-12-32-94-75(87)88)66(122)105-49(21-11-31-93-74(85)86)65(121)102-45(17-5-7-27-77)62(118)101-46(18-6-8-28-78)63(119)106-51(23-13-33-95-76(89)90)67(123)108-53(71(127)128)35-42-37-96-44-16-4-3-15-43(42)44/h3-4,15-16,37,40-41,45-54,59,96,111H,5-14,17-36,38-39,77-79H2,1-2H3,(H2,80,112)(H,97,113)(H,98,114)(H,99,117)(H,100,116)(H,101,118)(H,102,121)(H,103,124)(H,104,120)(H,105,122)(H,106,119)(H,107,125)(H,108,123)(H,109,115)(H,127,128)(H4,81,82,91)(H4,83,84,92)(H4,85,86,93)(H4,87,88,94)(H4,89,90,95)/t40-,41+,45-,46-,47-,48-,49-,50-,51-,52-,53-,54-,59-/m0/s1. The number of guanidine groups is 5. The number of carboxylic acids is 1. The molecule has 13 atom stereocenters. The summed E-state index contributed by atoms with van der Waals surface area (Å²) in [7, 11) is 0. The molecule has 0 aliphatic carbocycles. The van der Waals surface area contributed by atoms with E-state index in [9.17, 15) is 86.9 Å². The van der Waals surface area contributed by atoms with Gasteiger partial charge in [-0.15, -0.1) is 0 Å². The van der Waals surface area contributed by atoms with Gasteiger partial charge in [-0.05, 0) is 161 Å². The summed E-state index contributed by atoms with van der Waals surface area (Å²) in [5, 5.41) is 106. The number of aromatic amines is 1. The molecule has 1 aliphatic rings. The first-order valence-electron chi connectivity index (χ1n) is 42.1. The highest BCUT2D eigenvalue weighted by atomic mass is 16.4. The summed E-state index contributed by atoms with van der Waals surface area (Å²) in [6.07, 6.45) is -1.02. The van der Waals surface area contributed by atoms with Gasteiger partial charge in [0, 0.05) is 69.2 Å². The van der Waals surface area contributed by atoms with Gasteiger partial charge in [0.2, 0.25) is 88.6 Å². The van der Waals surface area contributed by atoms with Crippen LogP contribution in [0.5, 0.6) is 0 Å². The molecular formula is C76H132N34O18. The predicted molar refractivity (Wildman–Crippen MR) is 468 cm³/mol. The molecule has 0 saturated carbocycles. The molecule has 0 spiro atoms. The lowest BCUT2D eigenvalue weighted by molar-refractivity contribution is -0.144. The van der Waals surface area contributed by atoms with Crippen molar-refractivity contribution < 1.29 is 86.9 Å². The Morgan fingerprint density at radius 2 is 0.781 bits per heavy atom. The summed E-state index contributed by atoms with van der Waals surface area (Å²) in [5.74, 6) is -17.7. The molecule has 714 valence electrons. The third kappa shape index (κ3) is 42.0. The molecule has 1 aliphatic heterocycles. The van der Waals surface area contributed by atoms with Gasteiger partial charge in [-0.2, -0.15) is 0 Å². The zero-order valence-corrected chi connectivity index (χ0v) is 72.1. The fourth-order valence-corrected chi connectivity index (χ4v) is 13.2. The highest BCUT2D eigenvalue weighted by Gasteiger charge is 2.42. The van der Waals surface area contributed by atoms with Gasteiger partial charge in [-0.3, -0.25) is 99.0 Å². The number of amides is 15. The Hall–Kier alpha value is -13.5. The molecule has 1 saturated heterocycles. The second-order valence-electron chi connectivity index (χ2n) is 30.4. The number of hydrogen-bond acceptors (Lipinski definition) is 25. The molecule has 44 N–H and O–H groups in total. The van der Waals surface area contributed by atoms with Crippen LogP contribution in [0.4, 0.5) is 0 Å². The number of carbonyl (C=O) groups is 16. The first kappa shape index (κ1) is 109. The van der Waals surface area contributed by atoms with Crippen molar-refractivity contribution in [1.29, 1.82) is 27.0 Å². The van der Waals surface area contributed by atoms with Crippen molar-refractivity contribution in [3.63, 3.8) is 0 Å². The van der Waals surface area contributed by atoms with E-state index in [-0.39, 0.29) is 167 Å². The van der Waals surface area contributed by atoms with Crippen molar-refractivity contribution in [3.8, 4) is 0 Å². The highest BCUT2D eigenvalue weighted by Crippen LogP contribution is 2.22. The van der Waals surface area contributed by atoms with Gasteiger partial charge in [0.25, 0.3) is 0 Å². The maximum absolute atomic E-state index is 15.0. The van der Waals surface area contributed by atoms with E-state index < -0.39 is 229 Å². The Bertz CT molecular complexity index is 4110. The van der Waals surface area contributed by atoms with E-state index in [1.807, 2.05) is 0 Å². The topological polar surface area (TPSA) is 903 Å². The van der Waals surface area contributed by atoms with E-state index in [2.05, 4.69) is 101 Å². The first-order chi connectivity index (χ1) is 60.7. The van der Waals surface area contributed by atoms with Crippen molar-refractivity contribution in [3.05, 3.63) is 36.0 Å². The Morgan fingerprint density at radius 3 is 1.15 bits per heavy atom.